The van der Waals surface area contributed by atoms with Crippen LogP contribution >= 0.6 is 23.2 Å². The quantitative estimate of drug-likeness (QED) is 0.930. The molecular formula is C12H13Cl2N3. The average molecular weight is 270 g/mol. The van der Waals surface area contributed by atoms with E-state index in [1.165, 1.54) is 0 Å². The Hall–Kier alpha value is -1.03. The van der Waals surface area contributed by atoms with Crippen molar-refractivity contribution in [1.82, 2.24) is 9.78 Å². The largest absolute Gasteiger partial charge is 0.320 e. The first-order valence-corrected chi connectivity index (χ1v) is 6.10. The van der Waals surface area contributed by atoms with Crippen molar-refractivity contribution < 1.29 is 0 Å². The summed E-state index contributed by atoms with van der Waals surface area (Å²) in [7, 11) is 0. The van der Waals surface area contributed by atoms with Gasteiger partial charge < -0.3 is 5.73 Å². The molecule has 2 N–H and O–H groups in total. The Balaban J connectivity index is 2.35. The second-order valence-electron chi connectivity index (χ2n) is 3.77. The molecule has 0 bridgehead atoms. The number of nitrogens with zero attached hydrogens (tertiary/aromatic N) is 2. The fourth-order valence-corrected chi connectivity index (χ4v) is 2.06. The molecule has 2 aromatic rings. The lowest BCUT2D eigenvalue weighted by molar-refractivity contribution is 0.658. The SMILES string of the molecule is CCn1cc(C(N)c2cc(Cl)ccc2Cl)cn1. The van der Waals surface area contributed by atoms with Crippen molar-refractivity contribution in [2.45, 2.75) is 19.5 Å². The van der Waals surface area contributed by atoms with Gasteiger partial charge in [0.05, 0.1) is 12.2 Å². The molecule has 0 aliphatic carbocycles. The molecule has 0 amide bonds. The fraction of sp³-hybridized carbons (Fsp3) is 0.250. The van der Waals surface area contributed by atoms with E-state index in [0.29, 0.717) is 10.0 Å². The van der Waals surface area contributed by atoms with Gasteiger partial charge in [-0.05, 0) is 30.7 Å². The highest BCUT2D eigenvalue weighted by Gasteiger charge is 2.14. The Labute approximate surface area is 110 Å². The number of benzene rings is 1. The summed E-state index contributed by atoms with van der Waals surface area (Å²) < 4.78 is 1.83. The van der Waals surface area contributed by atoms with Crippen LogP contribution in [0.3, 0.4) is 0 Å². The van der Waals surface area contributed by atoms with E-state index >= 15 is 0 Å². The Morgan fingerprint density at radius 3 is 2.82 bits per heavy atom. The van der Waals surface area contributed by atoms with Gasteiger partial charge in [-0.15, -0.1) is 0 Å². The van der Waals surface area contributed by atoms with Gasteiger partial charge in [-0.2, -0.15) is 5.10 Å². The van der Waals surface area contributed by atoms with Crippen LogP contribution < -0.4 is 5.73 Å². The molecule has 0 aliphatic rings. The summed E-state index contributed by atoms with van der Waals surface area (Å²) >= 11 is 12.1. The third-order valence-corrected chi connectivity index (χ3v) is 3.21. The fourth-order valence-electron chi connectivity index (χ4n) is 1.65. The van der Waals surface area contributed by atoms with E-state index in [1.807, 2.05) is 17.8 Å². The van der Waals surface area contributed by atoms with Crippen molar-refractivity contribution in [3.63, 3.8) is 0 Å². The van der Waals surface area contributed by atoms with Gasteiger partial charge in [0.15, 0.2) is 0 Å². The maximum atomic E-state index is 6.16. The summed E-state index contributed by atoms with van der Waals surface area (Å²) in [5.74, 6) is 0. The molecule has 0 aliphatic heterocycles. The van der Waals surface area contributed by atoms with Gasteiger partial charge in [0.25, 0.3) is 0 Å². The molecule has 17 heavy (non-hydrogen) atoms. The first-order valence-electron chi connectivity index (χ1n) is 5.34. The highest BCUT2D eigenvalue weighted by atomic mass is 35.5. The molecule has 5 heteroatoms. The van der Waals surface area contributed by atoms with E-state index in [2.05, 4.69) is 5.10 Å². The Bertz CT molecular complexity index is 522. The predicted molar refractivity (Wildman–Crippen MR) is 70.4 cm³/mol. The van der Waals surface area contributed by atoms with Crippen LogP contribution in [0.25, 0.3) is 0 Å². The monoisotopic (exact) mass is 269 g/mol. The lowest BCUT2D eigenvalue weighted by Gasteiger charge is -2.12. The maximum absolute atomic E-state index is 6.16. The first-order chi connectivity index (χ1) is 8.11. The number of hydrogen-bond acceptors (Lipinski definition) is 2. The van der Waals surface area contributed by atoms with E-state index in [0.717, 1.165) is 17.7 Å². The summed E-state index contributed by atoms with van der Waals surface area (Å²) in [6.07, 6.45) is 3.67. The third kappa shape index (κ3) is 2.63. The van der Waals surface area contributed by atoms with Gasteiger partial charge in [-0.1, -0.05) is 23.2 Å². The van der Waals surface area contributed by atoms with Crippen LogP contribution in [0.15, 0.2) is 30.6 Å². The van der Waals surface area contributed by atoms with Crippen LogP contribution in [-0.4, -0.2) is 9.78 Å². The zero-order valence-electron chi connectivity index (χ0n) is 9.40. The highest BCUT2D eigenvalue weighted by Crippen LogP contribution is 2.28. The van der Waals surface area contributed by atoms with E-state index in [-0.39, 0.29) is 6.04 Å². The Morgan fingerprint density at radius 2 is 2.18 bits per heavy atom. The van der Waals surface area contributed by atoms with Gasteiger partial charge in [0.2, 0.25) is 0 Å². The van der Waals surface area contributed by atoms with Gasteiger partial charge in [-0.3, -0.25) is 4.68 Å². The summed E-state index contributed by atoms with van der Waals surface area (Å²) in [5, 5.41) is 5.44. The third-order valence-electron chi connectivity index (χ3n) is 2.63. The van der Waals surface area contributed by atoms with Crippen LogP contribution in [0.2, 0.25) is 10.0 Å². The molecule has 1 aromatic heterocycles. The van der Waals surface area contributed by atoms with Crippen molar-refractivity contribution in [1.29, 1.82) is 0 Å². The maximum Gasteiger partial charge on any atom is 0.0598 e. The normalized spacial score (nSPS) is 12.7. The molecule has 3 nitrogen and oxygen atoms in total. The molecule has 1 unspecified atom stereocenters. The second kappa shape index (κ2) is 5.08. The van der Waals surface area contributed by atoms with Crippen LogP contribution in [0.1, 0.15) is 24.1 Å². The molecule has 1 atom stereocenters. The van der Waals surface area contributed by atoms with Crippen LogP contribution in [0.5, 0.6) is 0 Å². The van der Waals surface area contributed by atoms with Gasteiger partial charge in [-0.25, -0.2) is 0 Å². The molecule has 0 saturated heterocycles. The minimum absolute atomic E-state index is 0.304. The zero-order chi connectivity index (χ0) is 12.4. The molecule has 0 fully saturated rings. The molecule has 0 saturated carbocycles. The number of hydrogen-bond donors (Lipinski definition) is 1. The molecule has 90 valence electrons. The Morgan fingerprint density at radius 1 is 1.41 bits per heavy atom. The van der Waals surface area contributed by atoms with Crippen molar-refractivity contribution in [2.24, 2.45) is 5.73 Å². The predicted octanol–water partition coefficient (Wildman–Crippen LogP) is 3.26. The Kier molecular flexibility index (Phi) is 3.72. The van der Waals surface area contributed by atoms with Crippen LogP contribution in [0, 0.1) is 0 Å². The van der Waals surface area contributed by atoms with E-state index in [1.54, 1.807) is 24.4 Å². The lowest BCUT2D eigenvalue weighted by Crippen LogP contribution is -2.11. The summed E-state index contributed by atoms with van der Waals surface area (Å²) in [5.41, 5.74) is 7.90. The molecule has 2 rings (SSSR count). The van der Waals surface area contributed by atoms with Gasteiger partial charge in [0, 0.05) is 28.4 Å². The molecule has 1 aromatic carbocycles. The number of halogens is 2. The van der Waals surface area contributed by atoms with Crippen molar-refractivity contribution in [3.8, 4) is 0 Å². The second-order valence-corrected chi connectivity index (χ2v) is 4.62. The van der Waals surface area contributed by atoms with Crippen molar-refractivity contribution >= 4 is 23.2 Å². The van der Waals surface area contributed by atoms with E-state index in [9.17, 15) is 0 Å². The number of aryl methyl sites for hydroxylation is 1. The molecule has 0 radical (unpaired) electrons. The number of nitrogens with two attached hydrogens (primary N) is 1. The number of aromatic nitrogens is 2. The highest BCUT2D eigenvalue weighted by molar-refractivity contribution is 6.33. The zero-order valence-corrected chi connectivity index (χ0v) is 10.9. The van der Waals surface area contributed by atoms with Crippen molar-refractivity contribution in [2.75, 3.05) is 0 Å². The van der Waals surface area contributed by atoms with Crippen molar-refractivity contribution in [3.05, 3.63) is 51.8 Å². The lowest BCUT2D eigenvalue weighted by atomic mass is 10.0. The number of rotatable bonds is 3. The van der Waals surface area contributed by atoms with E-state index < -0.39 is 0 Å². The van der Waals surface area contributed by atoms with E-state index in [4.69, 9.17) is 28.9 Å². The summed E-state index contributed by atoms with van der Waals surface area (Å²) in [6, 6.07) is 4.98. The smallest absolute Gasteiger partial charge is 0.0598 e. The minimum atomic E-state index is -0.304. The van der Waals surface area contributed by atoms with Crippen LogP contribution in [-0.2, 0) is 6.54 Å². The standard InChI is InChI=1S/C12H13Cl2N3/c1-2-17-7-8(6-16-17)12(15)10-5-9(13)3-4-11(10)14/h3-7,12H,2,15H2,1H3. The summed E-state index contributed by atoms with van der Waals surface area (Å²) in [6.45, 7) is 2.84. The van der Waals surface area contributed by atoms with Gasteiger partial charge in [0.1, 0.15) is 0 Å². The molecular weight excluding hydrogens is 257 g/mol. The van der Waals surface area contributed by atoms with Crippen LogP contribution in [0.4, 0.5) is 0 Å². The molecule has 0 spiro atoms. The topological polar surface area (TPSA) is 43.8 Å². The minimum Gasteiger partial charge on any atom is -0.320 e. The first kappa shape index (κ1) is 12.4. The average Bonchev–Trinajstić information content (AvgIpc) is 2.80. The summed E-state index contributed by atoms with van der Waals surface area (Å²) in [4.78, 5) is 0. The molecule has 1 heterocycles. The van der Waals surface area contributed by atoms with Gasteiger partial charge >= 0.3 is 0 Å².